The molecule has 0 saturated heterocycles. The van der Waals surface area contributed by atoms with E-state index in [0.717, 1.165) is 8.26 Å². The topological polar surface area (TPSA) is 29.5 Å². The average Bonchev–Trinajstić information content (AvgIpc) is 2.69. The number of para-hydroxylation sites is 1. The molecule has 0 aliphatic carbocycles. The predicted molar refractivity (Wildman–Crippen MR) is 76.9 cm³/mol. The Hall–Kier alpha value is -0.500. The van der Waals surface area contributed by atoms with E-state index in [1.807, 2.05) is 0 Å². The molecule has 1 aromatic heterocycles. The summed E-state index contributed by atoms with van der Waals surface area (Å²) in [5.74, 6) is -0.0226. The Morgan fingerprint density at radius 3 is 2.47 bits per heavy atom. The molecular formula is C12H8Br2F2O2S. The molecule has 19 heavy (non-hydrogen) atoms. The summed E-state index contributed by atoms with van der Waals surface area (Å²) in [6.07, 6.45) is -1.01. The van der Waals surface area contributed by atoms with E-state index < -0.39 is 12.7 Å². The predicted octanol–water partition coefficient (Wildman–Crippen LogP) is 4.96. The monoisotopic (exact) mass is 412 g/mol. The molecular weight excluding hydrogens is 406 g/mol. The van der Waals surface area contributed by atoms with Gasteiger partial charge in [0, 0.05) is 14.9 Å². The molecule has 102 valence electrons. The summed E-state index contributed by atoms with van der Waals surface area (Å²) in [7, 11) is 0. The second-order valence-electron chi connectivity index (χ2n) is 3.59. The minimum Gasteiger partial charge on any atom is -0.434 e. The van der Waals surface area contributed by atoms with Crippen LogP contribution < -0.4 is 4.74 Å². The molecule has 0 radical (unpaired) electrons. The van der Waals surface area contributed by atoms with Crippen LogP contribution in [0.1, 0.15) is 16.5 Å². The number of alkyl halides is 2. The second-order valence-corrected chi connectivity index (χ2v) is 6.85. The molecule has 0 aliphatic heterocycles. The van der Waals surface area contributed by atoms with Crippen LogP contribution in [0.5, 0.6) is 5.75 Å². The van der Waals surface area contributed by atoms with Crippen molar-refractivity contribution in [1.82, 2.24) is 0 Å². The van der Waals surface area contributed by atoms with Crippen molar-refractivity contribution >= 4 is 43.2 Å². The Labute approximate surface area is 129 Å². The molecule has 2 aromatic rings. The summed E-state index contributed by atoms with van der Waals surface area (Å²) in [5, 5.41) is 10.3. The normalized spacial score (nSPS) is 12.7. The van der Waals surface area contributed by atoms with Gasteiger partial charge in [-0.3, -0.25) is 0 Å². The SMILES string of the molecule is OC(c1cc(Br)c(Br)s1)c1ccccc1OC(F)F. The summed E-state index contributed by atoms with van der Waals surface area (Å²) in [6, 6.07) is 7.94. The van der Waals surface area contributed by atoms with Crippen LogP contribution in [0.15, 0.2) is 38.6 Å². The average molecular weight is 414 g/mol. The van der Waals surface area contributed by atoms with Gasteiger partial charge in [-0.15, -0.1) is 11.3 Å². The summed E-state index contributed by atoms with van der Waals surface area (Å²) >= 11 is 7.96. The lowest BCUT2D eigenvalue weighted by Crippen LogP contribution is -2.07. The highest BCUT2D eigenvalue weighted by molar-refractivity contribution is 9.13. The van der Waals surface area contributed by atoms with Gasteiger partial charge in [-0.1, -0.05) is 18.2 Å². The fraction of sp³-hybridized carbons (Fsp3) is 0.167. The highest BCUT2D eigenvalue weighted by atomic mass is 79.9. The molecule has 0 spiro atoms. The fourth-order valence-corrected chi connectivity index (χ4v) is 3.66. The summed E-state index contributed by atoms with van der Waals surface area (Å²) in [5.41, 5.74) is 0.309. The Bertz CT molecular complexity index is 555. The minimum atomic E-state index is -2.92. The van der Waals surface area contributed by atoms with Crippen molar-refractivity contribution in [1.29, 1.82) is 0 Å². The molecule has 0 bridgehead atoms. The molecule has 1 aromatic carbocycles. The Morgan fingerprint density at radius 2 is 1.89 bits per heavy atom. The first-order valence-corrected chi connectivity index (χ1v) is 7.56. The van der Waals surface area contributed by atoms with Crippen LogP contribution in [0, 0.1) is 0 Å². The number of ether oxygens (including phenoxy) is 1. The highest BCUT2D eigenvalue weighted by Gasteiger charge is 2.20. The molecule has 0 aliphatic rings. The van der Waals surface area contributed by atoms with E-state index >= 15 is 0 Å². The van der Waals surface area contributed by atoms with Crippen LogP contribution >= 0.6 is 43.2 Å². The van der Waals surface area contributed by atoms with Crippen molar-refractivity contribution in [2.24, 2.45) is 0 Å². The van der Waals surface area contributed by atoms with Crippen molar-refractivity contribution in [2.45, 2.75) is 12.7 Å². The number of benzene rings is 1. The van der Waals surface area contributed by atoms with Gasteiger partial charge in [-0.2, -0.15) is 8.78 Å². The summed E-state index contributed by atoms with van der Waals surface area (Å²) < 4.78 is 30.7. The quantitative estimate of drug-likeness (QED) is 0.767. The van der Waals surface area contributed by atoms with E-state index in [9.17, 15) is 13.9 Å². The lowest BCUT2D eigenvalue weighted by molar-refractivity contribution is -0.0512. The van der Waals surface area contributed by atoms with Crippen LogP contribution in [0.4, 0.5) is 8.78 Å². The lowest BCUT2D eigenvalue weighted by Gasteiger charge is -2.14. The maximum atomic E-state index is 12.3. The van der Waals surface area contributed by atoms with Crippen LogP contribution in [-0.4, -0.2) is 11.7 Å². The van der Waals surface area contributed by atoms with Gasteiger partial charge in [-0.25, -0.2) is 0 Å². The van der Waals surface area contributed by atoms with Gasteiger partial charge in [-0.05, 0) is 44.0 Å². The van der Waals surface area contributed by atoms with Crippen molar-refractivity contribution in [3.63, 3.8) is 0 Å². The fourth-order valence-electron chi connectivity index (χ4n) is 1.56. The first-order chi connectivity index (χ1) is 8.99. The smallest absolute Gasteiger partial charge is 0.387 e. The molecule has 0 saturated carbocycles. The number of rotatable bonds is 4. The third kappa shape index (κ3) is 3.53. The van der Waals surface area contributed by atoms with Crippen molar-refractivity contribution in [2.75, 3.05) is 0 Å². The highest BCUT2D eigenvalue weighted by Crippen LogP contribution is 2.39. The van der Waals surface area contributed by atoms with Gasteiger partial charge >= 0.3 is 6.61 Å². The Kier molecular flexibility index (Phi) is 4.94. The van der Waals surface area contributed by atoms with Crippen LogP contribution in [0.3, 0.4) is 0 Å². The number of aliphatic hydroxyl groups excluding tert-OH is 1. The van der Waals surface area contributed by atoms with E-state index in [0.29, 0.717) is 10.4 Å². The molecule has 1 atom stereocenters. The maximum absolute atomic E-state index is 12.3. The maximum Gasteiger partial charge on any atom is 0.387 e. The Morgan fingerprint density at radius 1 is 1.21 bits per heavy atom. The third-order valence-electron chi connectivity index (χ3n) is 2.36. The third-order valence-corrected chi connectivity index (χ3v) is 5.67. The van der Waals surface area contributed by atoms with Gasteiger partial charge in [0.05, 0.1) is 3.79 Å². The van der Waals surface area contributed by atoms with E-state index in [1.165, 1.54) is 17.4 Å². The van der Waals surface area contributed by atoms with E-state index in [2.05, 4.69) is 36.6 Å². The van der Waals surface area contributed by atoms with E-state index in [4.69, 9.17) is 0 Å². The standard InChI is InChI=1S/C12H8Br2F2O2S/c13-7-5-9(19-11(7)14)10(17)6-3-1-2-4-8(6)18-12(15)16/h1-5,10,12,17H. The van der Waals surface area contributed by atoms with Gasteiger partial charge in [0.25, 0.3) is 0 Å². The first-order valence-electron chi connectivity index (χ1n) is 5.15. The largest absolute Gasteiger partial charge is 0.434 e. The number of hydrogen-bond acceptors (Lipinski definition) is 3. The molecule has 2 rings (SSSR count). The molecule has 1 heterocycles. The summed E-state index contributed by atoms with van der Waals surface area (Å²) in [6.45, 7) is -2.92. The zero-order valence-corrected chi connectivity index (χ0v) is 13.3. The van der Waals surface area contributed by atoms with Gasteiger partial charge in [0.1, 0.15) is 11.9 Å². The molecule has 0 fully saturated rings. The van der Waals surface area contributed by atoms with E-state index in [1.54, 1.807) is 24.3 Å². The van der Waals surface area contributed by atoms with Crippen molar-refractivity contribution < 1.29 is 18.6 Å². The second kappa shape index (κ2) is 6.30. The van der Waals surface area contributed by atoms with Gasteiger partial charge in [0.2, 0.25) is 0 Å². The first kappa shape index (κ1) is 14.9. The molecule has 2 nitrogen and oxygen atoms in total. The zero-order chi connectivity index (χ0) is 14.0. The summed E-state index contributed by atoms with van der Waals surface area (Å²) in [4.78, 5) is 0.629. The molecule has 1 N–H and O–H groups in total. The van der Waals surface area contributed by atoms with E-state index in [-0.39, 0.29) is 5.75 Å². The van der Waals surface area contributed by atoms with Crippen LogP contribution in [0.25, 0.3) is 0 Å². The zero-order valence-electron chi connectivity index (χ0n) is 9.32. The number of halogens is 4. The van der Waals surface area contributed by atoms with Crippen LogP contribution in [0.2, 0.25) is 0 Å². The minimum absolute atomic E-state index is 0.0226. The van der Waals surface area contributed by atoms with Crippen molar-refractivity contribution in [3.8, 4) is 5.75 Å². The lowest BCUT2D eigenvalue weighted by atomic mass is 10.1. The van der Waals surface area contributed by atoms with Gasteiger partial charge in [0.15, 0.2) is 0 Å². The van der Waals surface area contributed by atoms with Crippen molar-refractivity contribution in [3.05, 3.63) is 49.0 Å². The number of thiophene rings is 1. The molecule has 7 heteroatoms. The molecule has 0 amide bonds. The molecule has 1 unspecified atom stereocenters. The van der Waals surface area contributed by atoms with Crippen LogP contribution in [-0.2, 0) is 0 Å². The number of aliphatic hydroxyl groups is 1. The van der Waals surface area contributed by atoms with Gasteiger partial charge < -0.3 is 9.84 Å². The Balaban J connectivity index is 2.35. The number of hydrogen-bond donors (Lipinski definition) is 1.